The predicted octanol–water partition coefficient (Wildman–Crippen LogP) is 0.674. The lowest BCUT2D eigenvalue weighted by Crippen LogP contribution is -2.23. The van der Waals surface area contributed by atoms with E-state index < -0.39 is 6.10 Å². The molecule has 1 atom stereocenters. The van der Waals surface area contributed by atoms with E-state index >= 15 is 0 Å². The Hall–Kier alpha value is -1.13. The molecular formula is C11H17N3O. The Morgan fingerprint density at radius 3 is 2.87 bits per heavy atom. The SMILES string of the molecule is NCC(O)c1cccnc1N1CCCC1. The van der Waals surface area contributed by atoms with Crippen LogP contribution < -0.4 is 10.6 Å². The molecule has 1 aromatic rings. The van der Waals surface area contributed by atoms with Crippen molar-refractivity contribution >= 4 is 5.82 Å². The summed E-state index contributed by atoms with van der Waals surface area (Å²) in [7, 11) is 0. The van der Waals surface area contributed by atoms with Crippen LogP contribution in [0.3, 0.4) is 0 Å². The highest BCUT2D eigenvalue weighted by atomic mass is 16.3. The van der Waals surface area contributed by atoms with Gasteiger partial charge in [0.1, 0.15) is 5.82 Å². The third-order valence-corrected chi connectivity index (χ3v) is 2.80. The standard InChI is InChI=1S/C11H17N3O/c12-8-10(15)9-4-3-5-13-11(9)14-6-1-2-7-14/h3-5,10,15H,1-2,6-8,12H2. The lowest BCUT2D eigenvalue weighted by atomic mass is 10.1. The third-order valence-electron chi connectivity index (χ3n) is 2.80. The molecule has 1 fully saturated rings. The van der Waals surface area contributed by atoms with E-state index in [-0.39, 0.29) is 6.54 Å². The summed E-state index contributed by atoms with van der Waals surface area (Å²) in [5.74, 6) is 0.896. The van der Waals surface area contributed by atoms with Gasteiger partial charge in [0, 0.05) is 31.4 Å². The van der Waals surface area contributed by atoms with E-state index in [1.54, 1.807) is 6.20 Å². The normalized spacial score (nSPS) is 18.1. The van der Waals surface area contributed by atoms with Gasteiger partial charge in [0.25, 0.3) is 0 Å². The molecule has 0 aliphatic carbocycles. The molecule has 0 bridgehead atoms. The maximum absolute atomic E-state index is 9.78. The van der Waals surface area contributed by atoms with Crippen molar-refractivity contribution in [2.45, 2.75) is 18.9 Å². The minimum Gasteiger partial charge on any atom is -0.387 e. The Morgan fingerprint density at radius 1 is 1.47 bits per heavy atom. The average Bonchev–Trinajstić information content (AvgIpc) is 2.81. The topological polar surface area (TPSA) is 62.4 Å². The quantitative estimate of drug-likeness (QED) is 0.765. The van der Waals surface area contributed by atoms with E-state index in [4.69, 9.17) is 5.73 Å². The first-order chi connectivity index (χ1) is 7.33. The summed E-state index contributed by atoms with van der Waals surface area (Å²) < 4.78 is 0. The maximum Gasteiger partial charge on any atom is 0.134 e. The minimum atomic E-state index is -0.603. The molecule has 1 unspecified atom stereocenters. The zero-order chi connectivity index (χ0) is 10.7. The molecular weight excluding hydrogens is 190 g/mol. The molecule has 1 aliphatic heterocycles. The number of aliphatic hydroxyl groups excluding tert-OH is 1. The van der Waals surface area contributed by atoms with E-state index in [9.17, 15) is 5.11 Å². The van der Waals surface area contributed by atoms with E-state index in [1.807, 2.05) is 12.1 Å². The number of aliphatic hydroxyl groups is 1. The van der Waals surface area contributed by atoms with Crippen molar-refractivity contribution < 1.29 is 5.11 Å². The Morgan fingerprint density at radius 2 is 2.20 bits per heavy atom. The monoisotopic (exact) mass is 207 g/mol. The van der Waals surface area contributed by atoms with Gasteiger partial charge >= 0.3 is 0 Å². The van der Waals surface area contributed by atoms with Crippen molar-refractivity contribution in [1.82, 2.24) is 4.98 Å². The summed E-state index contributed by atoms with van der Waals surface area (Å²) >= 11 is 0. The molecule has 4 heteroatoms. The minimum absolute atomic E-state index is 0.243. The zero-order valence-electron chi connectivity index (χ0n) is 8.76. The number of nitrogens with zero attached hydrogens (tertiary/aromatic N) is 2. The van der Waals surface area contributed by atoms with E-state index in [1.165, 1.54) is 12.8 Å². The van der Waals surface area contributed by atoms with Crippen LogP contribution in [0.5, 0.6) is 0 Å². The largest absolute Gasteiger partial charge is 0.387 e. The van der Waals surface area contributed by atoms with Gasteiger partial charge in [-0.1, -0.05) is 6.07 Å². The van der Waals surface area contributed by atoms with Crippen LogP contribution in [-0.2, 0) is 0 Å². The van der Waals surface area contributed by atoms with E-state index in [2.05, 4.69) is 9.88 Å². The van der Waals surface area contributed by atoms with Crippen LogP contribution in [-0.4, -0.2) is 29.7 Å². The number of hydrogen-bond acceptors (Lipinski definition) is 4. The second-order valence-electron chi connectivity index (χ2n) is 3.86. The molecule has 2 heterocycles. The molecule has 0 amide bonds. The maximum atomic E-state index is 9.78. The molecule has 1 aliphatic rings. The van der Waals surface area contributed by atoms with Crippen LogP contribution in [0.25, 0.3) is 0 Å². The van der Waals surface area contributed by atoms with Crippen LogP contribution in [0.2, 0.25) is 0 Å². The molecule has 0 aromatic carbocycles. The number of aromatic nitrogens is 1. The fraction of sp³-hybridized carbons (Fsp3) is 0.545. The Labute approximate surface area is 89.7 Å². The number of pyridine rings is 1. The second kappa shape index (κ2) is 4.59. The van der Waals surface area contributed by atoms with Crippen molar-refractivity contribution in [3.63, 3.8) is 0 Å². The third kappa shape index (κ3) is 2.11. The molecule has 0 radical (unpaired) electrons. The number of hydrogen-bond donors (Lipinski definition) is 2. The average molecular weight is 207 g/mol. The fourth-order valence-electron chi connectivity index (χ4n) is 1.99. The summed E-state index contributed by atoms with van der Waals surface area (Å²) in [5, 5.41) is 9.78. The highest BCUT2D eigenvalue weighted by Crippen LogP contribution is 2.26. The Balaban J connectivity index is 2.28. The van der Waals surface area contributed by atoms with Crippen molar-refractivity contribution in [3.05, 3.63) is 23.9 Å². The molecule has 15 heavy (non-hydrogen) atoms. The summed E-state index contributed by atoms with van der Waals surface area (Å²) in [4.78, 5) is 6.56. The van der Waals surface area contributed by atoms with Gasteiger partial charge in [0.15, 0.2) is 0 Å². The van der Waals surface area contributed by atoms with Crippen molar-refractivity contribution in [3.8, 4) is 0 Å². The lowest BCUT2D eigenvalue weighted by Gasteiger charge is -2.21. The van der Waals surface area contributed by atoms with Crippen molar-refractivity contribution in [2.75, 3.05) is 24.5 Å². The van der Waals surface area contributed by atoms with E-state index in [0.29, 0.717) is 0 Å². The van der Waals surface area contributed by atoms with Gasteiger partial charge in [-0.3, -0.25) is 0 Å². The van der Waals surface area contributed by atoms with Gasteiger partial charge in [-0.05, 0) is 18.9 Å². The smallest absolute Gasteiger partial charge is 0.134 e. The van der Waals surface area contributed by atoms with Crippen LogP contribution >= 0.6 is 0 Å². The van der Waals surface area contributed by atoms with Crippen molar-refractivity contribution in [1.29, 1.82) is 0 Å². The Bertz CT molecular complexity index is 323. The summed E-state index contributed by atoms with van der Waals surface area (Å²) in [6, 6.07) is 3.74. The van der Waals surface area contributed by atoms with Crippen LogP contribution in [0.1, 0.15) is 24.5 Å². The first-order valence-electron chi connectivity index (χ1n) is 5.41. The lowest BCUT2D eigenvalue weighted by molar-refractivity contribution is 0.186. The van der Waals surface area contributed by atoms with Crippen molar-refractivity contribution in [2.24, 2.45) is 5.73 Å². The molecule has 3 N–H and O–H groups in total. The highest BCUT2D eigenvalue weighted by molar-refractivity contribution is 5.48. The summed E-state index contributed by atoms with van der Waals surface area (Å²) in [6.07, 6.45) is 3.57. The summed E-state index contributed by atoms with van der Waals surface area (Å²) in [6.45, 7) is 2.30. The number of anilines is 1. The van der Waals surface area contributed by atoms with E-state index in [0.717, 1.165) is 24.5 Å². The molecule has 2 rings (SSSR count). The molecule has 0 spiro atoms. The first kappa shape index (κ1) is 10.4. The molecule has 0 saturated carbocycles. The van der Waals surface area contributed by atoms with Gasteiger partial charge in [-0.2, -0.15) is 0 Å². The fourth-order valence-corrected chi connectivity index (χ4v) is 1.99. The molecule has 4 nitrogen and oxygen atoms in total. The number of nitrogens with two attached hydrogens (primary N) is 1. The molecule has 1 saturated heterocycles. The zero-order valence-corrected chi connectivity index (χ0v) is 8.76. The van der Waals surface area contributed by atoms with Crippen LogP contribution in [0.4, 0.5) is 5.82 Å². The second-order valence-corrected chi connectivity index (χ2v) is 3.86. The highest BCUT2D eigenvalue weighted by Gasteiger charge is 2.19. The van der Waals surface area contributed by atoms with Crippen LogP contribution in [0.15, 0.2) is 18.3 Å². The number of rotatable bonds is 3. The van der Waals surface area contributed by atoms with Gasteiger partial charge in [-0.15, -0.1) is 0 Å². The molecule has 82 valence electrons. The van der Waals surface area contributed by atoms with Gasteiger partial charge in [-0.25, -0.2) is 4.98 Å². The van der Waals surface area contributed by atoms with Gasteiger partial charge in [0.2, 0.25) is 0 Å². The Kier molecular flexibility index (Phi) is 3.18. The first-order valence-corrected chi connectivity index (χ1v) is 5.41. The van der Waals surface area contributed by atoms with Gasteiger partial charge < -0.3 is 15.7 Å². The van der Waals surface area contributed by atoms with Gasteiger partial charge in [0.05, 0.1) is 6.10 Å². The predicted molar refractivity (Wildman–Crippen MR) is 59.7 cm³/mol. The summed E-state index contributed by atoms with van der Waals surface area (Å²) in [5.41, 5.74) is 6.32. The van der Waals surface area contributed by atoms with Crippen LogP contribution in [0, 0.1) is 0 Å². The molecule has 1 aromatic heterocycles.